The van der Waals surface area contributed by atoms with Gasteiger partial charge < -0.3 is 19.5 Å². The number of rotatable bonds is 8. The third-order valence-electron chi connectivity index (χ3n) is 5.62. The Kier molecular flexibility index (Phi) is 6.21. The van der Waals surface area contributed by atoms with Crippen molar-refractivity contribution in [2.24, 2.45) is 0 Å². The number of Topliss-reactive ketones (excluding diaryl/α,β-unsaturated/α-hetero) is 1. The zero-order valence-electron chi connectivity index (χ0n) is 17.4. The lowest BCUT2D eigenvalue weighted by Crippen LogP contribution is -2.31. The molecule has 0 fully saturated rings. The average molecular weight is 423 g/mol. The van der Waals surface area contributed by atoms with Crippen LogP contribution in [0.2, 0.25) is 0 Å². The number of carbonyl (C=O) groups is 3. The molecule has 0 saturated carbocycles. The second-order valence-electron chi connectivity index (χ2n) is 7.82. The van der Waals surface area contributed by atoms with Gasteiger partial charge >= 0.3 is 5.97 Å². The fourth-order valence-electron chi connectivity index (χ4n) is 3.87. The van der Waals surface area contributed by atoms with E-state index in [1.807, 2.05) is 37.3 Å². The van der Waals surface area contributed by atoms with Crippen molar-refractivity contribution >= 4 is 17.7 Å². The van der Waals surface area contributed by atoms with Crippen LogP contribution in [0.15, 0.2) is 36.4 Å². The maximum absolute atomic E-state index is 12.4. The van der Waals surface area contributed by atoms with E-state index in [-0.39, 0.29) is 38.1 Å². The van der Waals surface area contributed by atoms with E-state index < -0.39 is 11.9 Å². The van der Waals surface area contributed by atoms with Crippen LogP contribution in [-0.4, -0.2) is 31.1 Å². The van der Waals surface area contributed by atoms with E-state index in [1.54, 1.807) is 6.07 Å². The molecule has 2 aromatic carbocycles. The van der Waals surface area contributed by atoms with Crippen molar-refractivity contribution in [3.05, 3.63) is 58.7 Å². The lowest BCUT2D eigenvalue weighted by Gasteiger charge is -2.15. The average Bonchev–Trinajstić information content (AvgIpc) is 3.43. The molecule has 1 aliphatic heterocycles. The van der Waals surface area contributed by atoms with Crippen molar-refractivity contribution in [3.8, 4) is 11.5 Å². The minimum Gasteiger partial charge on any atom is -0.456 e. The summed E-state index contributed by atoms with van der Waals surface area (Å²) in [6.07, 6.45) is 3.19. The molecule has 162 valence electrons. The predicted octanol–water partition coefficient (Wildman–Crippen LogP) is 3.29. The summed E-state index contributed by atoms with van der Waals surface area (Å²) in [5.74, 6) is 0.236. The van der Waals surface area contributed by atoms with Crippen LogP contribution in [0.4, 0.5) is 0 Å². The van der Waals surface area contributed by atoms with Gasteiger partial charge in [-0.05, 0) is 61.1 Å². The number of nitrogens with one attached hydrogen (secondary N) is 1. The Hall–Kier alpha value is -3.35. The van der Waals surface area contributed by atoms with Crippen molar-refractivity contribution in [3.63, 3.8) is 0 Å². The van der Waals surface area contributed by atoms with Crippen LogP contribution >= 0.6 is 0 Å². The molecular weight excluding hydrogens is 398 g/mol. The van der Waals surface area contributed by atoms with Gasteiger partial charge in [-0.25, -0.2) is 0 Å². The number of ether oxygens (including phenoxy) is 3. The molecule has 0 unspecified atom stereocenters. The van der Waals surface area contributed by atoms with E-state index in [9.17, 15) is 14.4 Å². The predicted molar refractivity (Wildman–Crippen MR) is 112 cm³/mol. The van der Waals surface area contributed by atoms with Gasteiger partial charge in [-0.2, -0.15) is 0 Å². The Morgan fingerprint density at radius 1 is 1.00 bits per heavy atom. The molecule has 0 aromatic heterocycles. The fourth-order valence-corrected chi connectivity index (χ4v) is 3.87. The maximum Gasteiger partial charge on any atom is 0.306 e. The highest BCUT2D eigenvalue weighted by Gasteiger charge is 2.18. The molecule has 1 heterocycles. The number of fused-ring (bicyclic) bond motifs is 2. The molecular formula is C24H25NO6. The Balaban J connectivity index is 1.19. The number of amides is 1. The summed E-state index contributed by atoms with van der Waals surface area (Å²) < 4.78 is 15.6. The summed E-state index contributed by atoms with van der Waals surface area (Å²) in [7, 11) is 0. The molecule has 0 saturated heterocycles. The number of ketones is 1. The normalized spacial score (nSPS) is 14.6. The monoisotopic (exact) mass is 423 g/mol. The van der Waals surface area contributed by atoms with Gasteiger partial charge in [0.2, 0.25) is 6.79 Å². The van der Waals surface area contributed by atoms with Gasteiger partial charge in [0.05, 0.1) is 12.5 Å². The van der Waals surface area contributed by atoms with Crippen LogP contribution in [0.3, 0.4) is 0 Å². The third-order valence-corrected chi connectivity index (χ3v) is 5.62. The highest BCUT2D eigenvalue weighted by molar-refractivity contribution is 5.98. The summed E-state index contributed by atoms with van der Waals surface area (Å²) in [6, 6.07) is 10.9. The van der Waals surface area contributed by atoms with Crippen LogP contribution in [0.1, 0.15) is 59.3 Å². The molecule has 7 nitrogen and oxygen atoms in total. The Bertz CT molecular complexity index is 1020. The van der Waals surface area contributed by atoms with Gasteiger partial charge in [-0.3, -0.25) is 14.4 Å². The Morgan fingerprint density at radius 3 is 2.68 bits per heavy atom. The lowest BCUT2D eigenvalue weighted by molar-refractivity contribution is -0.148. The summed E-state index contributed by atoms with van der Waals surface area (Å²) in [5, 5.41) is 2.78. The van der Waals surface area contributed by atoms with Gasteiger partial charge in [-0.1, -0.05) is 18.2 Å². The molecule has 2 aliphatic rings. The lowest BCUT2D eigenvalue weighted by atomic mass is 10.0. The second kappa shape index (κ2) is 9.20. The summed E-state index contributed by atoms with van der Waals surface area (Å²) in [5.41, 5.74) is 4.01. The highest BCUT2D eigenvalue weighted by atomic mass is 16.7. The molecule has 0 radical (unpaired) electrons. The summed E-state index contributed by atoms with van der Waals surface area (Å²) in [4.78, 5) is 36.5. The molecule has 1 N–H and O–H groups in total. The number of hydrogen-bond acceptors (Lipinski definition) is 6. The first-order valence-electron chi connectivity index (χ1n) is 10.5. The van der Waals surface area contributed by atoms with Crippen LogP contribution < -0.4 is 14.8 Å². The van der Waals surface area contributed by atoms with Gasteiger partial charge in [-0.15, -0.1) is 0 Å². The van der Waals surface area contributed by atoms with E-state index >= 15 is 0 Å². The van der Waals surface area contributed by atoms with Crippen LogP contribution in [-0.2, 0) is 27.2 Å². The summed E-state index contributed by atoms with van der Waals surface area (Å²) in [6.45, 7) is 1.62. The van der Waals surface area contributed by atoms with Crippen molar-refractivity contribution in [2.75, 3.05) is 13.4 Å². The molecule has 4 rings (SSSR count). The number of carbonyl (C=O) groups excluding carboxylic acids is 3. The van der Waals surface area contributed by atoms with E-state index in [0.717, 1.165) is 24.8 Å². The SMILES string of the molecule is C[C@H](NC(=O)COC(=O)CCC(=O)c1ccc2c(c1)CCC2)c1ccc2c(c1)OCO2. The molecule has 31 heavy (non-hydrogen) atoms. The van der Waals surface area contributed by atoms with E-state index in [4.69, 9.17) is 14.2 Å². The minimum absolute atomic E-state index is 0.0547. The number of esters is 1. The van der Waals surface area contributed by atoms with Crippen LogP contribution in [0, 0.1) is 0 Å². The minimum atomic E-state index is -0.569. The molecule has 7 heteroatoms. The summed E-state index contributed by atoms with van der Waals surface area (Å²) >= 11 is 0. The number of aryl methyl sites for hydroxylation is 2. The second-order valence-corrected chi connectivity index (χ2v) is 7.82. The molecule has 1 amide bonds. The first-order chi connectivity index (χ1) is 15.0. The van der Waals surface area contributed by atoms with E-state index in [1.165, 1.54) is 11.1 Å². The molecule has 0 spiro atoms. The van der Waals surface area contributed by atoms with Crippen molar-refractivity contribution < 1.29 is 28.6 Å². The van der Waals surface area contributed by atoms with Gasteiger partial charge in [0.1, 0.15) is 0 Å². The molecule has 1 atom stereocenters. The maximum atomic E-state index is 12.4. The number of hydrogen-bond donors (Lipinski definition) is 1. The Labute approximate surface area is 180 Å². The zero-order chi connectivity index (χ0) is 21.8. The van der Waals surface area contributed by atoms with Gasteiger partial charge in [0.25, 0.3) is 5.91 Å². The van der Waals surface area contributed by atoms with Crippen molar-refractivity contribution in [2.45, 2.75) is 45.1 Å². The zero-order valence-corrected chi connectivity index (χ0v) is 17.4. The van der Waals surface area contributed by atoms with Gasteiger partial charge in [0, 0.05) is 12.0 Å². The molecule has 0 bridgehead atoms. The molecule has 1 aliphatic carbocycles. The third kappa shape index (κ3) is 5.05. The van der Waals surface area contributed by atoms with E-state index in [2.05, 4.69) is 5.32 Å². The van der Waals surface area contributed by atoms with Crippen LogP contribution in [0.25, 0.3) is 0 Å². The first kappa shape index (κ1) is 20.9. The standard InChI is InChI=1S/C24H25NO6/c1-15(17-7-9-21-22(12-17)31-14-30-21)25-23(27)13-29-24(28)10-8-20(26)19-6-5-16-3-2-4-18(16)11-19/h5-7,9,11-12,15H,2-4,8,10,13-14H2,1H3,(H,25,27)/t15-/m0/s1. The van der Waals surface area contributed by atoms with Crippen molar-refractivity contribution in [1.82, 2.24) is 5.32 Å². The smallest absolute Gasteiger partial charge is 0.306 e. The fraction of sp³-hybridized carbons (Fsp3) is 0.375. The molecule has 2 aromatic rings. The van der Waals surface area contributed by atoms with Gasteiger partial charge in [0.15, 0.2) is 23.9 Å². The van der Waals surface area contributed by atoms with Crippen LogP contribution in [0.5, 0.6) is 11.5 Å². The van der Waals surface area contributed by atoms with E-state index in [0.29, 0.717) is 17.1 Å². The highest BCUT2D eigenvalue weighted by Crippen LogP contribution is 2.34. The quantitative estimate of drug-likeness (QED) is 0.518. The topological polar surface area (TPSA) is 90.9 Å². The largest absolute Gasteiger partial charge is 0.456 e. The first-order valence-corrected chi connectivity index (χ1v) is 10.5. The number of benzene rings is 2. The Morgan fingerprint density at radius 2 is 1.81 bits per heavy atom. The van der Waals surface area contributed by atoms with Crippen molar-refractivity contribution in [1.29, 1.82) is 0 Å².